The number of carbonyl (C=O) groups is 2. The van der Waals surface area contributed by atoms with E-state index in [2.05, 4.69) is 33.7 Å². The third-order valence-electron chi connectivity index (χ3n) is 6.96. The van der Waals surface area contributed by atoms with Gasteiger partial charge in [0.25, 0.3) is 0 Å². The number of aromatic nitrogens is 3. The first-order valence-electron chi connectivity index (χ1n) is 13.3. The Balaban J connectivity index is 1.34. The lowest BCUT2D eigenvalue weighted by Crippen LogP contribution is -2.50. The highest BCUT2D eigenvalue weighted by molar-refractivity contribution is 5.90. The molecule has 40 heavy (non-hydrogen) atoms. The summed E-state index contributed by atoms with van der Waals surface area (Å²) in [5.41, 5.74) is 2.89. The summed E-state index contributed by atoms with van der Waals surface area (Å²) in [4.78, 5) is 35.1. The largest absolute Gasteiger partial charge is 0.481 e. The molecule has 2 amide bonds. The lowest BCUT2D eigenvalue weighted by molar-refractivity contribution is -0.133. The van der Waals surface area contributed by atoms with Crippen molar-refractivity contribution in [2.75, 3.05) is 70.5 Å². The topological polar surface area (TPSA) is 105 Å². The molecule has 0 aliphatic carbocycles. The fourth-order valence-electron chi connectivity index (χ4n) is 4.86. The number of morpholine rings is 1. The standard InChI is InChI=1S/C29H33N7O4/c1-3-14-40-24-7-5-6-23(18-24)28-31-29(35-12-15-39-16-13-35)25-17-22(21-36(25)32-28)20-33-8-10-34(11-9-33)27(38)19-30-26(37)4-2/h1,4-7,17-18,21H,2,8-16,19-20H2,(H,30,37). The van der Waals surface area contributed by atoms with E-state index in [-0.39, 0.29) is 25.0 Å². The van der Waals surface area contributed by atoms with Crippen LogP contribution in [0.4, 0.5) is 5.82 Å². The van der Waals surface area contributed by atoms with Crippen molar-refractivity contribution in [1.82, 2.24) is 29.7 Å². The number of ether oxygens (including phenoxy) is 2. The van der Waals surface area contributed by atoms with Gasteiger partial charge in [-0.3, -0.25) is 14.5 Å². The third-order valence-corrected chi connectivity index (χ3v) is 6.96. The number of amides is 2. The predicted molar refractivity (Wildman–Crippen MR) is 151 cm³/mol. The van der Waals surface area contributed by atoms with Crippen molar-refractivity contribution in [1.29, 1.82) is 0 Å². The van der Waals surface area contributed by atoms with Crippen LogP contribution in [0.5, 0.6) is 5.75 Å². The fourth-order valence-corrected chi connectivity index (χ4v) is 4.86. The average Bonchev–Trinajstić information content (AvgIpc) is 3.41. The highest BCUT2D eigenvalue weighted by Gasteiger charge is 2.23. The smallest absolute Gasteiger partial charge is 0.243 e. The lowest BCUT2D eigenvalue weighted by Gasteiger charge is -2.34. The molecule has 11 heteroatoms. The quantitative estimate of drug-likeness (QED) is 0.317. The molecule has 0 spiro atoms. The van der Waals surface area contributed by atoms with Crippen LogP contribution in [0.1, 0.15) is 5.56 Å². The number of hydrogen-bond donors (Lipinski definition) is 1. The van der Waals surface area contributed by atoms with Gasteiger partial charge in [-0.2, -0.15) is 0 Å². The van der Waals surface area contributed by atoms with Crippen LogP contribution in [0, 0.1) is 12.3 Å². The van der Waals surface area contributed by atoms with Crippen molar-refractivity contribution in [3.63, 3.8) is 0 Å². The van der Waals surface area contributed by atoms with Gasteiger partial charge < -0.3 is 24.6 Å². The Hall–Kier alpha value is -4.40. The first kappa shape index (κ1) is 27.2. The van der Waals surface area contributed by atoms with Gasteiger partial charge in [-0.25, -0.2) is 9.50 Å². The van der Waals surface area contributed by atoms with E-state index < -0.39 is 0 Å². The molecule has 208 valence electrons. The molecule has 2 aliphatic rings. The molecule has 2 aliphatic heterocycles. The van der Waals surface area contributed by atoms with E-state index in [4.69, 9.17) is 26.0 Å². The summed E-state index contributed by atoms with van der Waals surface area (Å²) in [7, 11) is 0. The van der Waals surface area contributed by atoms with E-state index in [9.17, 15) is 9.59 Å². The molecule has 2 fully saturated rings. The van der Waals surface area contributed by atoms with E-state index in [1.54, 1.807) is 4.90 Å². The molecule has 0 saturated carbocycles. The van der Waals surface area contributed by atoms with Crippen LogP contribution in [0.2, 0.25) is 0 Å². The van der Waals surface area contributed by atoms with E-state index in [1.165, 1.54) is 0 Å². The summed E-state index contributed by atoms with van der Waals surface area (Å²) in [5, 5.41) is 7.40. The van der Waals surface area contributed by atoms with Crippen molar-refractivity contribution < 1.29 is 19.1 Å². The Labute approximate surface area is 233 Å². The SMILES string of the molecule is C#CCOc1cccc(-c2nc(N3CCOCC3)c3cc(CN4CCN(C(=O)CNC(=O)C=C)CC4)cn3n2)c1. The van der Waals surface area contributed by atoms with Gasteiger partial charge in [0.2, 0.25) is 11.8 Å². The number of rotatable bonds is 9. The van der Waals surface area contributed by atoms with Crippen molar-refractivity contribution >= 4 is 23.1 Å². The fraction of sp³-hybridized carbons (Fsp3) is 0.379. The molecular formula is C29H33N7O4. The van der Waals surface area contributed by atoms with E-state index in [0.29, 0.717) is 37.9 Å². The maximum atomic E-state index is 12.4. The van der Waals surface area contributed by atoms with Gasteiger partial charge in [-0.05, 0) is 29.8 Å². The molecule has 2 saturated heterocycles. The molecule has 0 unspecified atom stereocenters. The number of fused-ring (bicyclic) bond motifs is 1. The second-order valence-electron chi connectivity index (χ2n) is 9.64. The number of benzene rings is 1. The van der Waals surface area contributed by atoms with E-state index in [1.807, 2.05) is 35.0 Å². The Morgan fingerprint density at radius 1 is 1.15 bits per heavy atom. The molecule has 2 aromatic heterocycles. The second kappa shape index (κ2) is 12.6. The monoisotopic (exact) mass is 543 g/mol. The molecule has 0 radical (unpaired) electrons. The minimum atomic E-state index is -0.347. The van der Waals surface area contributed by atoms with Crippen LogP contribution in [-0.2, 0) is 20.9 Å². The predicted octanol–water partition coefficient (Wildman–Crippen LogP) is 1.19. The maximum Gasteiger partial charge on any atom is 0.243 e. The summed E-state index contributed by atoms with van der Waals surface area (Å²) in [5.74, 6) is 4.19. The van der Waals surface area contributed by atoms with Crippen molar-refractivity contribution in [3.8, 4) is 29.5 Å². The van der Waals surface area contributed by atoms with E-state index in [0.717, 1.165) is 61.3 Å². The molecule has 1 N–H and O–H groups in total. The van der Waals surface area contributed by atoms with E-state index >= 15 is 0 Å². The van der Waals surface area contributed by atoms with Gasteiger partial charge in [0, 0.05) is 57.6 Å². The van der Waals surface area contributed by atoms with Gasteiger partial charge in [0.1, 0.15) is 17.9 Å². The minimum Gasteiger partial charge on any atom is -0.481 e. The van der Waals surface area contributed by atoms with Crippen molar-refractivity contribution in [3.05, 3.63) is 54.7 Å². The summed E-state index contributed by atoms with van der Waals surface area (Å²) in [6.07, 6.45) is 8.56. The van der Waals surface area contributed by atoms with Crippen LogP contribution >= 0.6 is 0 Å². The molecule has 0 bridgehead atoms. The number of terminal acetylenes is 1. The normalized spacial score (nSPS) is 16.0. The van der Waals surface area contributed by atoms with Crippen LogP contribution in [0.3, 0.4) is 0 Å². The summed E-state index contributed by atoms with van der Waals surface area (Å²) < 4.78 is 13.1. The Morgan fingerprint density at radius 2 is 1.95 bits per heavy atom. The first-order valence-corrected chi connectivity index (χ1v) is 13.3. The first-order chi connectivity index (χ1) is 19.5. The zero-order valence-electron chi connectivity index (χ0n) is 22.4. The highest BCUT2D eigenvalue weighted by atomic mass is 16.5. The Morgan fingerprint density at radius 3 is 2.70 bits per heavy atom. The van der Waals surface area contributed by atoms with Gasteiger partial charge in [0.05, 0.1) is 19.8 Å². The molecular weight excluding hydrogens is 510 g/mol. The number of anilines is 1. The molecule has 11 nitrogen and oxygen atoms in total. The lowest BCUT2D eigenvalue weighted by atomic mass is 10.2. The Kier molecular flexibility index (Phi) is 8.59. The highest BCUT2D eigenvalue weighted by Crippen LogP contribution is 2.28. The van der Waals surface area contributed by atoms with Gasteiger partial charge in [0.15, 0.2) is 11.6 Å². The second-order valence-corrected chi connectivity index (χ2v) is 9.64. The zero-order valence-corrected chi connectivity index (χ0v) is 22.4. The Bertz CT molecular complexity index is 1420. The number of hydrogen-bond acceptors (Lipinski definition) is 8. The molecule has 5 rings (SSSR count). The maximum absolute atomic E-state index is 12.4. The van der Waals surface area contributed by atoms with Gasteiger partial charge in [-0.1, -0.05) is 24.6 Å². The number of nitrogens with zero attached hydrogens (tertiary/aromatic N) is 6. The van der Waals surface area contributed by atoms with Crippen LogP contribution in [0.15, 0.2) is 49.2 Å². The molecule has 4 heterocycles. The van der Waals surface area contributed by atoms with Crippen LogP contribution in [-0.4, -0.2) is 102 Å². The van der Waals surface area contributed by atoms with Gasteiger partial charge >= 0.3 is 0 Å². The summed E-state index contributed by atoms with van der Waals surface area (Å²) >= 11 is 0. The number of nitrogens with one attached hydrogen (secondary N) is 1. The number of piperazine rings is 1. The van der Waals surface area contributed by atoms with Crippen LogP contribution in [0.25, 0.3) is 16.9 Å². The van der Waals surface area contributed by atoms with Crippen LogP contribution < -0.4 is 15.0 Å². The summed E-state index contributed by atoms with van der Waals surface area (Å²) in [6.45, 7) is 9.81. The number of carbonyl (C=O) groups excluding carboxylic acids is 2. The van der Waals surface area contributed by atoms with Gasteiger partial charge in [-0.15, -0.1) is 11.5 Å². The molecule has 1 aromatic carbocycles. The summed E-state index contributed by atoms with van der Waals surface area (Å²) in [6, 6.07) is 9.77. The molecule has 0 atom stereocenters. The molecule has 3 aromatic rings. The third kappa shape index (κ3) is 6.42. The van der Waals surface area contributed by atoms with Crippen molar-refractivity contribution in [2.45, 2.75) is 6.54 Å². The zero-order chi connectivity index (χ0) is 27.9. The van der Waals surface area contributed by atoms with Crippen molar-refractivity contribution in [2.24, 2.45) is 0 Å². The minimum absolute atomic E-state index is 0.0139. The average molecular weight is 544 g/mol.